The van der Waals surface area contributed by atoms with Gasteiger partial charge in [0.25, 0.3) is 0 Å². The molecule has 1 aromatic carbocycles. The highest BCUT2D eigenvalue weighted by molar-refractivity contribution is 8.18. The number of thioether (sulfide) groups is 1. The maximum atomic E-state index is 9.30. The first-order valence-corrected chi connectivity index (χ1v) is 6.32. The van der Waals surface area contributed by atoms with Gasteiger partial charge in [0.2, 0.25) is 0 Å². The average Bonchev–Trinajstić information content (AvgIpc) is 2.82. The number of rotatable bonds is 2. The molecule has 0 N–H and O–H groups in total. The number of hydrogen-bond donors (Lipinski definition) is 0. The van der Waals surface area contributed by atoms with E-state index in [-0.39, 0.29) is 0 Å². The third-order valence-corrected chi connectivity index (χ3v) is 3.58. The Hall–Kier alpha value is -1.70. The summed E-state index contributed by atoms with van der Waals surface area (Å²) in [4.78, 5) is 5.52. The van der Waals surface area contributed by atoms with Gasteiger partial charge in [0.1, 0.15) is 18.2 Å². The maximum absolute atomic E-state index is 9.30. The van der Waals surface area contributed by atoms with Gasteiger partial charge in [-0.2, -0.15) is 5.26 Å². The Morgan fingerprint density at radius 1 is 1.39 bits per heavy atom. The second-order valence-corrected chi connectivity index (χ2v) is 4.85. The van der Waals surface area contributed by atoms with Crippen molar-refractivity contribution in [2.24, 2.45) is 5.16 Å². The fraction of sp³-hybridized carbons (Fsp3) is 0.0769. The third-order valence-electron chi connectivity index (χ3n) is 2.27. The molecule has 0 aromatic heterocycles. The molecule has 5 heteroatoms. The SMILES string of the molecule is CON=C1C=CC(=C(C#N)c2ccccc2Cl)S1. The lowest BCUT2D eigenvalue weighted by Crippen LogP contribution is -1.87. The molecule has 2 rings (SSSR count). The van der Waals surface area contributed by atoms with Gasteiger partial charge in [0.05, 0.1) is 5.57 Å². The van der Waals surface area contributed by atoms with Crippen LogP contribution in [0.2, 0.25) is 5.02 Å². The van der Waals surface area contributed by atoms with Crippen LogP contribution >= 0.6 is 23.4 Å². The quantitative estimate of drug-likeness (QED) is 0.609. The Morgan fingerprint density at radius 2 is 2.17 bits per heavy atom. The zero-order valence-electron chi connectivity index (χ0n) is 9.55. The van der Waals surface area contributed by atoms with E-state index < -0.39 is 0 Å². The molecule has 0 aliphatic carbocycles. The van der Waals surface area contributed by atoms with Crippen LogP contribution in [0.3, 0.4) is 0 Å². The van der Waals surface area contributed by atoms with Crippen LogP contribution in [0.25, 0.3) is 5.57 Å². The van der Waals surface area contributed by atoms with E-state index in [4.69, 9.17) is 16.4 Å². The number of benzene rings is 1. The fourth-order valence-electron chi connectivity index (χ4n) is 1.51. The summed E-state index contributed by atoms with van der Waals surface area (Å²) in [6.45, 7) is 0. The highest BCUT2D eigenvalue weighted by atomic mass is 35.5. The number of nitrogens with zero attached hydrogens (tertiary/aromatic N) is 2. The van der Waals surface area contributed by atoms with Gasteiger partial charge in [-0.15, -0.1) is 0 Å². The van der Waals surface area contributed by atoms with Gasteiger partial charge in [-0.05, 0) is 18.2 Å². The Morgan fingerprint density at radius 3 is 2.83 bits per heavy atom. The first-order valence-electron chi connectivity index (χ1n) is 5.12. The highest BCUT2D eigenvalue weighted by Gasteiger charge is 2.16. The van der Waals surface area contributed by atoms with Crippen molar-refractivity contribution in [3.05, 3.63) is 51.9 Å². The molecule has 1 heterocycles. The Labute approximate surface area is 114 Å². The molecular formula is C13H9ClN2OS. The van der Waals surface area contributed by atoms with E-state index in [0.717, 1.165) is 10.5 Å². The van der Waals surface area contributed by atoms with Crippen LogP contribution in [-0.2, 0) is 4.84 Å². The molecular weight excluding hydrogens is 268 g/mol. The number of hydrogen-bond acceptors (Lipinski definition) is 4. The van der Waals surface area contributed by atoms with E-state index >= 15 is 0 Å². The Kier molecular flexibility index (Phi) is 4.08. The summed E-state index contributed by atoms with van der Waals surface area (Å²) in [5.41, 5.74) is 1.27. The molecule has 0 fully saturated rings. The van der Waals surface area contributed by atoms with E-state index in [9.17, 15) is 5.26 Å². The maximum Gasteiger partial charge on any atom is 0.140 e. The van der Waals surface area contributed by atoms with Gasteiger partial charge in [-0.1, -0.05) is 46.7 Å². The molecule has 0 saturated heterocycles. The van der Waals surface area contributed by atoms with Crippen molar-refractivity contribution >= 4 is 34.0 Å². The van der Waals surface area contributed by atoms with Crippen LogP contribution in [0.4, 0.5) is 0 Å². The smallest absolute Gasteiger partial charge is 0.140 e. The van der Waals surface area contributed by atoms with Crippen LogP contribution in [0.1, 0.15) is 5.56 Å². The predicted octanol–water partition coefficient (Wildman–Crippen LogP) is 3.84. The molecule has 0 spiro atoms. The lowest BCUT2D eigenvalue weighted by Gasteiger charge is -2.04. The summed E-state index contributed by atoms with van der Waals surface area (Å²) in [5, 5.41) is 14.4. The van der Waals surface area contributed by atoms with Gasteiger partial charge >= 0.3 is 0 Å². The van der Waals surface area contributed by atoms with Crippen LogP contribution in [0.5, 0.6) is 0 Å². The molecule has 1 aliphatic heterocycles. The van der Waals surface area contributed by atoms with E-state index in [2.05, 4.69) is 11.2 Å². The van der Waals surface area contributed by atoms with Crippen molar-refractivity contribution in [3.63, 3.8) is 0 Å². The molecule has 3 nitrogen and oxygen atoms in total. The van der Waals surface area contributed by atoms with Gasteiger partial charge < -0.3 is 4.84 Å². The van der Waals surface area contributed by atoms with Crippen molar-refractivity contribution in [1.82, 2.24) is 0 Å². The molecule has 90 valence electrons. The van der Waals surface area contributed by atoms with Crippen LogP contribution in [0, 0.1) is 11.3 Å². The van der Waals surface area contributed by atoms with E-state index in [1.807, 2.05) is 24.3 Å². The lowest BCUT2D eigenvalue weighted by atomic mass is 10.1. The first-order chi connectivity index (χ1) is 8.76. The summed E-state index contributed by atoms with van der Waals surface area (Å²) in [5.74, 6) is 0. The van der Waals surface area contributed by atoms with E-state index in [1.165, 1.54) is 18.9 Å². The van der Waals surface area contributed by atoms with Crippen molar-refractivity contribution in [1.29, 1.82) is 5.26 Å². The summed E-state index contributed by atoms with van der Waals surface area (Å²) < 4.78 is 0. The van der Waals surface area contributed by atoms with Crippen molar-refractivity contribution in [3.8, 4) is 6.07 Å². The fourth-order valence-corrected chi connectivity index (χ4v) is 2.61. The molecule has 1 aromatic rings. The van der Waals surface area contributed by atoms with Crippen molar-refractivity contribution < 1.29 is 4.84 Å². The van der Waals surface area contributed by atoms with Crippen LogP contribution in [-0.4, -0.2) is 12.2 Å². The monoisotopic (exact) mass is 276 g/mol. The molecule has 0 bridgehead atoms. The van der Waals surface area contributed by atoms with Gasteiger partial charge in [-0.25, -0.2) is 0 Å². The van der Waals surface area contributed by atoms with Crippen molar-refractivity contribution in [2.75, 3.05) is 7.11 Å². The Bertz CT molecular complexity index is 599. The van der Waals surface area contributed by atoms with Gasteiger partial charge in [-0.3, -0.25) is 0 Å². The number of nitriles is 1. The molecule has 0 atom stereocenters. The second kappa shape index (κ2) is 5.76. The number of allylic oxidation sites excluding steroid dienone is 2. The zero-order valence-corrected chi connectivity index (χ0v) is 11.1. The first kappa shape index (κ1) is 12.7. The van der Waals surface area contributed by atoms with Gasteiger partial charge in [0, 0.05) is 15.5 Å². The van der Waals surface area contributed by atoms with Gasteiger partial charge in [0.15, 0.2) is 0 Å². The van der Waals surface area contributed by atoms with Crippen molar-refractivity contribution in [2.45, 2.75) is 0 Å². The zero-order chi connectivity index (χ0) is 13.0. The standard InChI is InChI=1S/C13H9ClN2OS/c1-17-16-13-7-6-12(18-13)10(8-15)9-4-2-3-5-11(9)14/h2-7H,1H3. The summed E-state index contributed by atoms with van der Waals surface area (Å²) in [7, 11) is 1.49. The molecule has 0 saturated carbocycles. The minimum Gasteiger partial charge on any atom is -0.398 e. The highest BCUT2D eigenvalue weighted by Crippen LogP contribution is 2.35. The lowest BCUT2D eigenvalue weighted by molar-refractivity contribution is 0.215. The third kappa shape index (κ3) is 2.58. The second-order valence-electron chi connectivity index (χ2n) is 3.38. The van der Waals surface area contributed by atoms with Crippen LogP contribution in [0.15, 0.2) is 46.5 Å². The predicted molar refractivity (Wildman–Crippen MR) is 75.2 cm³/mol. The number of halogens is 1. The molecule has 0 unspecified atom stereocenters. The molecule has 18 heavy (non-hydrogen) atoms. The Balaban J connectivity index is 2.43. The van der Waals surface area contributed by atoms with Crippen LogP contribution < -0.4 is 0 Å². The average molecular weight is 277 g/mol. The summed E-state index contributed by atoms with van der Waals surface area (Å²) in [6, 6.07) is 9.47. The molecule has 1 aliphatic rings. The molecule has 0 radical (unpaired) electrons. The summed E-state index contributed by atoms with van der Waals surface area (Å²) in [6.07, 6.45) is 3.64. The van der Waals surface area contributed by atoms with E-state index in [1.54, 1.807) is 12.1 Å². The molecule has 0 amide bonds. The topological polar surface area (TPSA) is 45.4 Å². The minimum absolute atomic E-state index is 0.545. The largest absolute Gasteiger partial charge is 0.398 e. The normalized spacial score (nSPS) is 18.8. The minimum atomic E-state index is 0.545. The summed E-state index contributed by atoms with van der Waals surface area (Å²) >= 11 is 7.48. The van der Waals surface area contributed by atoms with E-state index in [0.29, 0.717) is 15.6 Å². The number of oxime groups is 1.